The molecule has 1 unspecified atom stereocenters. The molecule has 2 N–H and O–H groups in total. The number of hydrogen-bond donors (Lipinski definition) is 2. The number of nitrogens with one attached hydrogen (secondary N) is 2. The van der Waals surface area contributed by atoms with E-state index in [4.69, 9.17) is 4.74 Å². The molecule has 110 valence electrons. The lowest BCUT2D eigenvalue weighted by atomic mass is 9.94. The molecule has 0 aliphatic heterocycles. The zero-order chi connectivity index (χ0) is 14.3. The molecule has 5 heteroatoms. The van der Waals surface area contributed by atoms with Crippen LogP contribution in [0.25, 0.3) is 0 Å². The molecule has 1 atom stereocenters. The van der Waals surface area contributed by atoms with Gasteiger partial charge < -0.3 is 15.4 Å². The first kappa shape index (κ1) is 15.8. The predicted molar refractivity (Wildman–Crippen MR) is 73.8 cm³/mol. The largest absolute Gasteiger partial charge is 0.450 e. The maximum Gasteiger partial charge on any atom is 0.407 e. The van der Waals surface area contributed by atoms with Crippen LogP contribution >= 0.6 is 0 Å². The van der Waals surface area contributed by atoms with Crippen LogP contribution in [0.2, 0.25) is 0 Å². The molecule has 0 heterocycles. The van der Waals surface area contributed by atoms with Crippen LogP contribution in [0.1, 0.15) is 52.9 Å². The number of hydrogen-bond acceptors (Lipinski definition) is 3. The van der Waals surface area contributed by atoms with E-state index in [1.54, 1.807) is 6.92 Å². The first-order valence-corrected chi connectivity index (χ1v) is 7.28. The van der Waals surface area contributed by atoms with Crippen LogP contribution in [0.4, 0.5) is 4.79 Å². The number of rotatable bonds is 5. The van der Waals surface area contributed by atoms with E-state index in [1.165, 1.54) is 19.3 Å². The van der Waals surface area contributed by atoms with Crippen LogP contribution in [0.3, 0.4) is 0 Å². The van der Waals surface area contributed by atoms with Crippen molar-refractivity contribution in [3.63, 3.8) is 0 Å². The van der Waals surface area contributed by atoms with Gasteiger partial charge in [-0.1, -0.05) is 33.1 Å². The molecule has 1 rings (SSSR count). The molecule has 1 fully saturated rings. The highest BCUT2D eigenvalue weighted by atomic mass is 16.5. The predicted octanol–water partition coefficient (Wildman–Crippen LogP) is 2.21. The van der Waals surface area contributed by atoms with Gasteiger partial charge in [-0.05, 0) is 25.7 Å². The van der Waals surface area contributed by atoms with Gasteiger partial charge in [-0.3, -0.25) is 4.79 Å². The lowest BCUT2D eigenvalue weighted by Crippen LogP contribution is -2.52. The first-order valence-electron chi connectivity index (χ1n) is 7.28. The summed E-state index contributed by atoms with van der Waals surface area (Å²) in [7, 11) is 0. The van der Waals surface area contributed by atoms with Crippen molar-refractivity contribution in [1.82, 2.24) is 10.6 Å². The van der Waals surface area contributed by atoms with Crippen molar-refractivity contribution in [2.45, 2.75) is 65.0 Å². The highest BCUT2D eigenvalue weighted by Gasteiger charge is 2.27. The summed E-state index contributed by atoms with van der Waals surface area (Å²) in [6.45, 7) is 5.88. The van der Waals surface area contributed by atoms with E-state index in [-0.39, 0.29) is 17.9 Å². The standard InChI is InChI=1S/C14H26N2O3/c1-4-19-14(18)16-12(10(2)3)13(17)15-11-8-6-5-7-9-11/h10-12H,4-9H2,1-3H3,(H,15,17)(H,16,18). The van der Waals surface area contributed by atoms with Gasteiger partial charge in [0.2, 0.25) is 5.91 Å². The molecule has 0 aromatic rings. The molecular formula is C14H26N2O3. The molecular weight excluding hydrogens is 244 g/mol. The summed E-state index contributed by atoms with van der Waals surface area (Å²) in [5, 5.41) is 5.67. The summed E-state index contributed by atoms with van der Waals surface area (Å²) in [6, 6.07) is -0.271. The second-order valence-electron chi connectivity index (χ2n) is 5.43. The first-order chi connectivity index (χ1) is 9.04. The molecule has 0 radical (unpaired) electrons. The van der Waals surface area contributed by atoms with Gasteiger partial charge in [0.25, 0.3) is 0 Å². The van der Waals surface area contributed by atoms with Crippen molar-refractivity contribution in [1.29, 1.82) is 0 Å². The highest BCUT2D eigenvalue weighted by Crippen LogP contribution is 2.17. The van der Waals surface area contributed by atoms with Gasteiger partial charge in [-0.25, -0.2) is 4.79 Å². The summed E-state index contributed by atoms with van der Waals surface area (Å²) in [4.78, 5) is 23.7. The fourth-order valence-electron chi connectivity index (χ4n) is 2.37. The van der Waals surface area contributed by atoms with Crippen LogP contribution in [-0.2, 0) is 9.53 Å². The Morgan fingerprint density at radius 3 is 2.37 bits per heavy atom. The Labute approximate surface area is 115 Å². The Kier molecular flexibility index (Phi) is 6.67. The third-order valence-electron chi connectivity index (χ3n) is 3.45. The third kappa shape index (κ3) is 5.49. The monoisotopic (exact) mass is 270 g/mol. The lowest BCUT2D eigenvalue weighted by molar-refractivity contribution is -0.125. The van der Waals surface area contributed by atoms with Gasteiger partial charge in [-0.15, -0.1) is 0 Å². The minimum Gasteiger partial charge on any atom is -0.450 e. The number of carbonyl (C=O) groups is 2. The Morgan fingerprint density at radius 1 is 1.21 bits per heavy atom. The molecule has 0 saturated heterocycles. The van der Waals surface area contributed by atoms with Gasteiger partial charge in [0.15, 0.2) is 0 Å². The average Bonchev–Trinajstić information content (AvgIpc) is 2.37. The molecule has 0 aromatic carbocycles. The van der Waals surface area contributed by atoms with E-state index in [0.717, 1.165) is 12.8 Å². The summed E-state index contributed by atoms with van der Waals surface area (Å²) in [6.07, 6.45) is 5.14. The van der Waals surface area contributed by atoms with E-state index < -0.39 is 12.1 Å². The fourth-order valence-corrected chi connectivity index (χ4v) is 2.37. The van der Waals surface area contributed by atoms with Crippen molar-refractivity contribution < 1.29 is 14.3 Å². The van der Waals surface area contributed by atoms with Crippen molar-refractivity contribution in [2.24, 2.45) is 5.92 Å². The van der Waals surface area contributed by atoms with Crippen LogP contribution in [0, 0.1) is 5.92 Å². The van der Waals surface area contributed by atoms with E-state index in [2.05, 4.69) is 10.6 Å². The Hall–Kier alpha value is -1.26. The molecule has 1 aliphatic carbocycles. The maximum absolute atomic E-state index is 12.2. The molecule has 0 bridgehead atoms. The zero-order valence-electron chi connectivity index (χ0n) is 12.2. The highest BCUT2D eigenvalue weighted by molar-refractivity contribution is 5.86. The number of carbonyl (C=O) groups excluding carboxylic acids is 2. The Morgan fingerprint density at radius 2 is 1.84 bits per heavy atom. The van der Waals surface area contributed by atoms with Crippen LogP contribution in [-0.4, -0.2) is 30.7 Å². The average molecular weight is 270 g/mol. The van der Waals surface area contributed by atoms with Gasteiger partial charge >= 0.3 is 6.09 Å². The van der Waals surface area contributed by atoms with E-state index in [1.807, 2.05) is 13.8 Å². The molecule has 0 spiro atoms. The minimum atomic E-state index is -0.528. The molecule has 0 aromatic heterocycles. The van der Waals surface area contributed by atoms with Gasteiger partial charge in [0.05, 0.1) is 6.61 Å². The Balaban J connectivity index is 2.49. The summed E-state index contributed by atoms with van der Waals surface area (Å²) < 4.78 is 4.83. The maximum atomic E-state index is 12.2. The van der Waals surface area contributed by atoms with Crippen molar-refractivity contribution >= 4 is 12.0 Å². The lowest BCUT2D eigenvalue weighted by Gasteiger charge is -2.27. The molecule has 1 saturated carbocycles. The SMILES string of the molecule is CCOC(=O)NC(C(=O)NC1CCCCC1)C(C)C. The zero-order valence-corrected chi connectivity index (χ0v) is 12.2. The normalized spacial score (nSPS) is 17.9. The van der Waals surface area contributed by atoms with Crippen molar-refractivity contribution in [3.05, 3.63) is 0 Å². The molecule has 2 amide bonds. The molecule has 5 nitrogen and oxygen atoms in total. The number of amides is 2. The second kappa shape index (κ2) is 8.02. The van der Waals surface area contributed by atoms with E-state index in [9.17, 15) is 9.59 Å². The van der Waals surface area contributed by atoms with Crippen LogP contribution < -0.4 is 10.6 Å². The Bertz CT molecular complexity index is 299. The quantitative estimate of drug-likeness (QED) is 0.805. The van der Waals surface area contributed by atoms with Crippen LogP contribution in [0.5, 0.6) is 0 Å². The van der Waals surface area contributed by atoms with Gasteiger partial charge in [0.1, 0.15) is 6.04 Å². The smallest absolute Gasteiger partial charge is 0.407 e. The number of ether oxygens (including phenoxy) is 1. The van der Waals surface area contributed by atoms with Crippen LogP contribution in [0.15, 0.2) is 0 Å². The van der Waals surface area contributed by atoms with Crippen molar-refractivity contribution in [2.75, 3.05) is 6.61 Å². The number of alkyl carbamates (subject to hydrolysis) is 1. The summed E-state index contributed by atoms with van der Waals surface area (Å²) in [5.41, 5.74) is 0. The summed E-state index contributed by atoms with van der Waals surface area (Å²) >= 11 is 0. The van der Waals surface area contributed by atoms with Gasteiger partial charge in [0, 0.05) is 6.04 Å². The minimum absolute atomic E-state index is 0.0352. The fraction of sp³-hybridized carbons (Fsp3) is 0.857. The van der Waals surface area contributed by atoms with Gasteiger partial charge in [-0.2, -0.15) is 0 Å². The molecule has 1 aliphatic rings. The second-order valence-corrected chi connectivity index (χ2v) is 5.43. The third-order valence-corrected chi connectivity index (χ3v) is 3.45. The van der Waals surface area contributed by atoms with E-state index in [0.29, 0.717) is 6.61 Å². The van der Waals surface area contributed by atoms with Crippen molar-refractivity contribution in [3.8, 4) is 0 Å². The molecule has 19 heavy (non-hydrogen) atoms. The van der Waals surface area contributed by atoms with E-state index >= 15 is 0 Å². The summed E-state index contributed by atoms with van der Waals surface area (Å²) in [5.74, 6) is -0.0667. The topological polar surface area (TPSA) is 67.4 Å².